The Labute approximate surface area is 78.0 Å². The second-order valence-electron chi connectivity index (χ2n) is 2.96. The maximum atomic E-state index is 11.4. The summed E-state index contributed by atoms with van der Waals surface area (Å²) in [6.45, 7) is 3.69. The molecule has 0 aromatic heterocycles. The highest BCUT2D eigenvalue weighted by Gasteiger charge is 2.21. The van der Waals surface area contributed by atoms with E-state index in [0.717, 1.165) is 6.54 Å². The number of amides is 1. The van der Waals surface area contributed by atoms with Crippen LogP contribution in [0.2, 0.25) is 0 Å². The molecule has 0 aromatic rings. The first-order valence-electron chi connectivity index (χ1n) is 4.33. The van der Waals surface area contributed by atoms with Gasteiger partial charge in [-0.1, -0.05) is 5.92 Å². The minimum Gasteiger partial charge on any atom is -0.366 e. The third-order valence-electron chi connectivity index (χ3n) is 1.83. The molecule has 1 saturated heterocycles. The van der Waals surface area contributed by atoms with Gasteiger partial charge >= 0.3 is 0 Å². The second-order valence-corrected chi connectivity index (χ2v) is 2.96. The van der Waals surface area contributed by atoms with Crippen LogP contribution < -0.4 is 10.6 Å². The molecule has 1 heterocycles. The summed E-state index contributed by atoms with van der Waals surface area (Å²) in [6, 6.07) is -0.238. The van der Waals surface area contributed by atoms with Crippen LogP contribution in [0.15, 0.2) is 0 Å². The van der Waals surface area contributed by atoms with Crippen LogP contribution in [0.4, 0.5) is 0 Å². The maximum absolute atomic E-state index is 11.4. The van der Waals surface area contributed by atoms with Crippen LogP contribution in [0.1, 0.15) is 6.92 Å². The lowest BCUT2D eigenvalue weighted by atomic mass is 10.2. The summed E-state index contributed by atoms with van der Waals surface area (Å²) in [5, 5.41) is 5.73. The summed E-state index contributed by atoms with van der Waals surface area (Å²) in [5.74, 6) is 2.29. The van der Waals surface area contributed by atoms with Crippen molar-refractivity contribution in [3.05, 3.63) is 0 Å². The van der Waals surface area contributed by atoms with Crippen LogP contribution in [0.5, 0.6) is 0 Å². The molecule has 2 N–H and O–H groups in total. The van der Waals surface area contributed by atoms with E-state index >= 15 is 0 Å². The van der Waals surface area contributed by atoms with E-state index in [0.29, 0.717) is 13.2 Å². The third-order valence-corrected chi connectivity index (χ3v) is 1.83. The van der Waals surface area contributed by atoms with Gasteiger partial charge in [0.25, 0.3) is 5.91 Å². The lowest BCUT2D eigenvalue weighted by Gasteiger charge is -2.23. The van der Waals surface area contributed by atoms with Crippen molar-refractivity contribution < 1.29 is 9.53 Å². The molecule has 0 bridgehead atoms. The molecule has 0 radical (unpaired) electrons. The summed E-state index contributed by atoms with van der Waals surface area (Å²) in [7, 11) is 0. The minimum absolute atomic E-state index is 0.141. The molecule has 1 fully saturated rings. The third kappa shape index (κ3) is 3.05. The summed E-state index contributed by atoms with van der Waals surface area (Å²) < 4.78 is 5.24. The highest BCUT2D eigenvalue weighted by Crippen LogP contribution is 1.96. The molecule has 0 saturated carbocycles. The number of hydrogen-bond donors (Lipinski definition) is 2. The van der Waals surface area contributed by atoms with Crippen LogP contribution in [-0.4, -0.2) is 37.7 Å². The van der Waals surface area contributed by atoms with Gasteiger partial charge in [-0.25, -0.2) is 0 Å². The zero-order valence-corrected chi connectivity index (χ0v) is 7.67. The largest absolute Gasteiger partial charge is 0.366 e. The first-order valence-corrected chi connectivity index (χ1v) is 4.33. The average Bonchev–Trinajstić information content (AvgIpc) is 2.19. The molecule has 1 rings (SSSR count). The normalized spacial score (nSPS) is 24.5. The van der Waals surface area contributed by atoms with Gasteiger partial charge in [-0.2, -0.15) is 0 Å². The number of carbonyl (C=O) groups excluding carboxylic acids is 1. The first kappa shape index (κ1) is 10.0. The molecule has 2 unspecified atom stereocenters. The standard InChI is InChI=1S/C9H14N2O2/c1-3-7(2)11-9(12)8-6-10-4-5-13-8/h1,7-8,10H,4-6H2,2H3,(H,11,12). The number of terminal acetylenes is 1. The summed E-state index contributed by atoms with van der Waals surface area (Å²) in [6.07, 6.45) is 4.73. The Morgan fingerprint density at radius 1 is 1.85 bits per heavy atom. The van der Waals surface area contributed by atoms with E-state index in [2.05, 4.69) is 16.6 Å². The highest BCUT2D eigenvalue weighted by molar-refractivity contribution is 5.81. The fourth-order valence-corrected chi connectivity index (χ4v) is 1.08. The van der Waals surface area contributed by atoms with Crippen molar-refractivity contribution in [2.24, 2.45) is 0 Å². The maximum Gasteiger partial charge on any atom is 0.251 e. The first-order chi connectivity index (χ1) is 6.24. The van der Waals surface area contributed by atoms with Crippen molar-refractivity contribution in [1.82, 2.24) is 10.6 Å². The van der Waals surface area contributed by atoms with Gasteiger partial charge in [0, 0.05) is 13.1 Å². The van der Waals surface area contributed by atoms with Crippen LogP contribution in [-0.2, 0) is 9.53 Å². The molecule has 1 aliphatic heterocycles. The molecule has 2 atom stereocenters. The van der Waals surface area contributed by atoms with E-state index in [1.165, 1.54) is 0 Å². The molecule has 0 aromatic carbocycles. The molecule has 72 valence electrons. The lowest BCUT2D eigenvalue weighted by molar-refractivity contribution is -0.134. The Morgan fingerprint density at radius 3 is 3.15 bits per heavy atom. The van der Waals surface area contributed by atoms with E-state index in [-0.39, 0.29) is 11.9 Å². The van der Waals surface area contributed by atoms with E-state index < -0.39 is 6.10 Å². The van der Waals surface area contributed by atoms with Gasteiger partial charge in [0.15, 0.2) is 0 Å². The van der Waals surface area contributed by atoms with Crippen LogP contribution >= 0.6 is 0 Å². The van der Waals surface area contributed by atoms with E-state index in [1.54, 1.807) is 6.92 Å². The number of morpholine rings is 1. The van der Waals surface area contributed by atoms with E-state index in [4.69, 9.17) is 11.2 Å². The van der Waals surface area contributed by atoms with Crippen LogP contribution in [0, 0.1) is 12.3 Å². The minimum atomic E-state index is -0.399. The SMILES string of the molecule is C#CC(C)NC(=O)C1CNCCO1. The Morgan fingerprint density at radius 2 is 2.62 bits per heavy atom. The van der Waals surface area contributed by atoms with E-state index in [1.807, 2.05) is 0 Å². The average molecular weight is 182 g/mol. The Bertz CT molecular complexity index is 216. The molecular formula is C9H14N2O2. The summed E-state index contributed by atoms with van der Waals surface area (Å²) in [4.78, 5) is 11.4. The molecular weight excluding hydrogens is 168 g/mol. The Kier molecular flexibility index (Phi) is 3.74. The fourth-order valence-electron chi connectivity index (χ4n) is 1.08. The van der Waals surface area contributed by atoms with Crippen LogP contribution in [0.3, 0.4) is 0 Å². The molecule has 0 aliphatic carbocycles. The van der Waals surface area contributed by atoms with Gasteiger partial charge in [-0.3, -0.25) is 4.79 Å². The molecule has 1 aliphatic rings. The fraction of sp³-hybridized carbons (Fsp3) is 0.667. The van der Waals surface area contributed by atoms with E-state index in [9.17, 15) is 4.79 Å². The van der Waals surface area contributed by atoms with Crippen molar-refractivity contribution in [2.45, 2.75) is 19.1 Å². The van der Waals surface area contributed by atoms with Crippen LogP contribution in [0.25, 0.3) is 0 Å². The van der Waals surface area contributed by atoms with Crippen molar-refractivity contribution in [1.29, 1.82) is 0 Å². The molecule has 0 spiro atoms. The predicted molar refractivity (Wildman–Crippen MR) is 49.0 cm³/mol. The number of rotatable bonds is 2. The Balaban J connectivity index is 2.34. The van der Waals surface area contributed by atoms with Crippen molar-refractivity contribution in [2.75, 3.05) is 19.7 Å². The number of carbonyl (C=O) groups is 1. The van der Waals surface area contributed by atoms with Gasteiger partial charge in [-0.15, -0.1) is 6.42 Å². The van der Waals surface area contributed by atoms with Crippen molar-refractivity contribution in [3.8, 4) is 12.3 Å². The van der Waals surface area contributed by atoms with Gasteiger partial charge in [0.05, 0.1) is 12.6 Å². The van der Waals surface area contributed by atoms with Crippen molar-refractivity contribution >= 4 is 5.91 Å². The van der Waals surface area contributed by atoms with Gasteiger partial charge in [-0.05, 0) is 6.92 Å². The predicted octanol–water partition coefficient (Wildman–Crippen LogP) is -0.887. The highest BCUT2D eigenvalue weighted by atomic mass is 16.5. The van der Waals surface area contributed by atoms with Gasteiger partial charge in [0.1, 0.15) is 6.10 Å². The molecule has 13 heavy (non-hydrogen) atoms. The zero-order valence-electron chi connectivity index (χ0n) is 7.67. The number of ether oxygens (including phenoxy) is 1. The smallest absolute Gasteiger partial charge is 0.251 e. The molecule has 4 heteroatoms. The molecule has 1 amide bonds. The van der Waals surface area contributed by atoms with Gasteiger partial charge < -0.3 is 15.4 Å². The number of nitrogens with one attached hydrogen (secondary N) is 2. The molecule has 4 nitrogen and oxygen atoms in total. The van der Waals surface area contributed by atoms with Gasteiger partial charge in [0.2, 0.25) is 0 Å². The number of hydrogen-bond acceptors (Lipinski definition) is 3. The monoisotopic (exact) mass is 182 g/mol. The summed E-state index contributed by atoms with van der Waals surface area (Å²) >= 11 is 0. The summed E-state index contributed by atoms with van der Waals surface area (Å²) in [5.41, 5.74) is 0. The van der Waals surface area contributed by atoms with Crippen molar-refractivity contribution in [3.63, 3.8) is 0 Å². The zero-order chi connectivity index (χ0) is 9.68. The topological polar surface area (TPSA) is 50.4 Å². The lowest BCUT2D eigenvalue weighted by Crippen LogP contribution is -2.49. The Hall–Kier alpha value is -1.05. The second kappa shape index (κ2) is 4.85. The quantitative estimate of drug-likeness (QED) is 0.545.